The van der Waals surface area contributed by atoms with Gasteiger partial charge in [0.05, 0.1) is 12.8 Å². The summed E-state index contributed by atoms with van der Waals surface area (Å²) in [6.07, 6.45) is 0.345. The van der Waals surface area contributed by atoms with E-state index >= 15 is 0 Å². The fourth-order valence-electron chi connectivity index (χ4n) is 0.857. The maximum atomic E-state index is 11.7. The molecule has 0 aliphatic rings. The van der Waals surface area contributed by atoms with Crippen LogP contribution < -0.4 is 5.32 Å². The molecule has 0 unspecified atom stereocenters. The van der Waals surface area contributed by atoms with Gasteiger partial charge in [-0.2, -0.15) is 0 Å². The lowest BCUT2D eigenvalue weighted by molar-refractivity contribution is 0.0215. The van der Waals surface area contributed by atoms with Gasteiger partial charge in [-0.15, -0.1) is 0 Å². The number of alkyl halides is 2. The first-order chi connectivity index (χ1) is 7.20. The predicted molar refractivity (Wildman–Crippen MR) is 52.4 cm³/mol. The number of nitrogens with one attached hydrogen (secondary N) is 1. The fraction of sp³-hybridized carbons (Fsp3) is 0.500. The third-order valence-electron chi connectivity index (χ3n) is 1.45. The van der Waals surface area contributed by atoms with Crippen molar-refractivity contribution in [1.82, 2.24) is 9.97 Å². The Hall–Kier alpha value is -1.01. The number of anilines is 1. The molecule has 0 aliphatic carbocycles. The third-order valence-corrected chi connectivity index (χ3v) is 1.73. The number of rotatable bonds is 6. The van der Waals surface area contributed by atoms with Crippen molar-refractivity contribution in [2.45, 2.75) is 6.43 Å². The van der Waals surface area contributed by atoms with Crippen molar-refractivity contribution in [2.75, 3.05) is 25.1 Å². The summed E-state index contributed by atoms with van der Waals surface area (Å²) in [6.45, 7) is -0.0205. The van der Waals surface area contributed by atoms with Gasteiger partial charge in [0.2, 0.25) is 0 Å². The molecule has 1 aromatic rings. The molecule has 1 aromatic heterocycles. The number of halogens is 3. The monoisotopic (exact) mass is 237 g/mol. The van der Waals surface area contributed by atoms with Crippen molar-refractivity contribution in [2.24, 2.45) is 0 Å². The molecular formula is C8H10ClF2N3O. The highest BCUT2D eigenvalue weighted by Crippen LogP contribution is 2.15. The van der Waals surface area contributed by atoms with Crippen molar-refractivity contribution in [3.63, 3.8) is 0 Å². The molecule has 0 radical (unpaired) electrons. The SMILES string of the molecule is FC(F)COCCNc1ncncc1Cl. The largest absolute Gasteiger partial charge is 0.374 e. The standard InChI is InChI=1S/C8H10ClF2N3O/c9-6-3-12-5-14-8(6)13-1-2-15-4-7(10)11/h3,5,7H,1-2,4H2,(H,12,13,14). The summed E-state index contributed by atoms with van der Waals surface area (Å²) < 4.78 is 28.0. The average Bonchev–Trinajstić information content (AvgIpc) is 2.20. The van der Waals surface area contributed by atoms with Crippen LogP contribution >= 0.6 is 11.6 Å². The highest BCUT2D eigenvalue weighted by Gasteiger charge is 2.02. The lowest BCUT2D eigenvalue weighted by Crippen LogP contribution is -2.13. The van der Waals surface area contributed by atoms with Crippen molar-refractivity contribution in [3.05, 3.63) is 17.5 Å². The van der Waals surface area contributed by atoms with E-state index in [1.54, 1.807) is 0 Å². The Bertz CT molecular complexity index is 301. The van der Waals surface area contributed by atoms with Crippen LogP contribution in [0.3, 0.4) is 0 Å². The van der Waals surface area contributed by atoms with Gasteiger partial charge < -0.3 is 10.1 Å². The van der Waals surface area contributed by atoms with Crippen LogP contribution in [-0.2, 0) is 4.74 Å². The van der Waals surface area contributed by atoms with Gasteiger partial charge in [0.15, 0.2) is 0 Å². The number of hydrogen-bond acceptors (Lipinski definition) is 4. The smallest absolute Gasteiger partial charge is 0.261 e. The molecule has 7 heteroatoms. The Morgan fingerprint density at radius 3 is 3.00 bits per heavy atom. The van der Waals surface area contributed by atoms with Gasteiger partial charge in [-0.05, 0) is 0 Å². The highest BCUT2D eigenvalue weighted by molar-refractivity contribution is 6.32. The first-order valence-electron chi connectivity index (χ1n) is 4.25. The molecule has 0 bridgehead atoms. The van der Waals surface area contributed by atoms with Gasteiger partial charge in [0.25, 0.3) is 6.43 Å². The molecule has 1 rings (SSSR count). The van der Waals surface area contributed by atoms with E-state index in [0.29, 0.717) is 17.4 Å². The quantitative estimate of drug-likeness (QED) is 0.767. The molecule has 0 saturated heterocycles. The fourth-order valence-corrected chi connectivity index (χ4v) is 1.03. The lowest BCUT2D eigenvalue weighted by Gasteiger charge is -2.06. The third kappa shape index (κ3) is 4.85. The minimum Gasteiger partial charge on any atom is -0.374 e. The number of aromatic nitrogens is 2. The van der Waals surface area contributed by atoms with Gasteiger partial charge in [0.1, 0.15) is 23.8 Å². The van der Waals surface area contributed by atoms with Crippen LogP contribution in [0.1, 0.15) is 0 Å². The van der Waals surface area contributed by atoms with E-state index in [-0.39, 0.29) is 6.61 Å². The summed E-state index contributed by atoms with van der Waals surface area (Å²) in [5, 5.41) is 3.21. The maximum absolute atomic E-state index is 11.7. The Morgan fingerprint density at radius 1 is 1.53 bits per heavy atom. The number of hydrogen-bond donors (Lipinski definition) is 1. The summed E-state index contributed by atoms with van der Waals surface area (Å²) in [5.41, 5.74) is 0. The van der Waals surface area contributed by atoms with Crippen LogP contribution in [0.15, 0.2) is 12.5 Å². The van der Waals surface area contributed by atoms with E-state index < -0.39 is 13.0 Å². The molecule has 0 aliphatic heterocycles. The van der Waals surface area contributed by atoms with Crippen LogP contribution in [-0.4, -0.2) is 36.2 Å². The topological polar surface area (TPSA) is 47.0 Å². The summed E-state index contributed by atoms with van der Waals surface area (Å²) in [7, 11) is 0. The van der Waals surface area contributed by atoms with Crippen LogP contribution in [0.5, 0.6) is 0 Å². The first-order valence-corrected chi connectivity index (χ1v) is 4.63. The van der Waals surface area contributed by atoms with Crippen molar-refractivity contribution in [3.8, 4) is 0 Å². The average molecular weight is 238 g/mol. The zero-order chi connectivity index (χ0) is 11.1. The van der Waals surface area contributed by atoms with Crippen LogP contribution in [0.2, 0.25) is 5.02 Å². The number of ether oxygens (including phenoxy) is 1. The van der Waals surface area contributed by atoms with E-state index in [4.69, 9.17) is 11.6 Å². The summed E-state index contributed by atoms with van der Waals surface area (Å²) in [6, 6.07) is 0. The van der Waals surface area contributed by atoms with E-state index in [2.05, 4.69) is 20.0 Å². The molecule has 0 atom stereocenters. The maximum Gasteiger partial charge on any atom is 0.261 e. The van der Waals surface area contributed by atoms with Crippen molar-refractivity contribution >= 4 is 17.4 Å². The second-order valence-corrected chi connectivity index (χ2v) is 3.02. The highest BCUT2D eigenvalue weighted by atomic mass is 35.5. The van der Waals surface area contributed by atoms with Crippen LogP contribution in [0.4, 0.5) is 14.6 Å². The molecule has 15 heavy (non-hydrogen) atoms. The van der Waals surface area contributed by atoms with Gasteiger partial charge in [-0.1, -0.05) is 11.6 Å². The molecule has 0 spiro atoms. The normalized spacial score (nSPS) is 10.7. The second-order valence-electron chi connectivity index (χ2n) is 2.61. The minimum atomic E-state index is -2.44. The molecule has 1 N–H and O–H groups in total. The molecule has 0 amide bonds. The van der Waals surface area contributed by atoms with E-state index in [1.165, 1.54) is 12.5 Å². The zero-order valence-electron chi connectivity index (χ0n) is 7.79. The molecule has 0 fully saturated rings. The summed E-state index contributed by atoms with van der Waals surface area (Å²) >= 11 is 5.74. The minimum absolute atomic E-state index is 0.171. The Labute approximate surface area is 90.6 Å². The van der Waals surface area contributed by atoms with E-state index in [0.717, 1.165) is 0 Å². The summed E-state index contributed by atoms with van der Waals surface area (Å²) in [5.74, 6) is 0.465. The van der Waals surface area contributed by atoms with Crippen molar-refractivity contribution < 1.29 is 13.5 Å². The summed E-state index contributed by atoms with van der Waals surface area (Å²) in [4.78, 5) is 7.55. The van der Waals surface area contributed by atoms with Crippen molar-refractivity contribution in [1.29, 1.82) is 0 Å². The Kier molecular flexibility index (Phi) is 5.20. The lowest BCUT2D eigenvalue weighted by atomic mass is 10.5. The molecule has 0 saturated carbocycles. The molecule has 4 nitrogen and oxygen atoms in total. The van der Waals surface area contributed by atoms with E-state index in [1.807, 2.05) is 0 Å². The van der Waals surface area contributed by atoms with Gasteiger partial charge in [0, 0.05) is 6.54 Å². The molecule has 0 aromatic carbocycles. The predicted octanol–water partition coefficient (Wildman–Crippen LogP) is 1.82. The van der Waals surface area contributed by atoms with Gasteiger partial charge in [-0.3, -0.25) is 0 Å². The molecule has 84 valence electrons. The second kappa shape index (κ2) is 6.47. The Balaban J connectivity index is 2.18. The van der Waals surface area contributed by atoms with Gasteiger partial charge in [-0.25, -0.2) is 18.7 Å². The van der Waals surface area contributed by atoms with Crippen LogP contribution in [0.25, 0.3) is 0 Å². The molecule has 1 heterocycles. The molecular weight excluding hydrogens is 228 g/mol. The number of nitrogens with zero attached hydrogens (tertiary/aromatic N) is 2. The zero-order valence-corrected chi connectivity index (χ0v) is 8.55. The van der Waals surface area contributed by atoms with E-state index in [9.17, 15) is 8.78 Å². The Morgan fingerprint density at radius 2 is 2.33 bits per heavy atom. The first kappa shape index (κ1) is 12.1. The van der Waals surface area contributed by atoms with Gasteiger partial charge >= 0.3 is 0 Å². The van der Waals surface area contributed by atoms with Crippen LogP contribution in [0, 0.1) is 0 Å².